The average molecular weight is 180 g/mol. The van der Waals surface area contributed by atoms with Crippen LogP contribution in [0, 0.1) is 0 Å². The minimum Gasteiger partial charge on any atom is -0.478 e. The minimum atomic E-state index is -1.83. The maximum atomic E-state index is 10.1. The molecule has 0 rings (SSSR count). The van der Waals surface area contributed by atoms with Crippen molar-refractivity contribution in [3.63, 3.8) is 0 Å². The summed E-state index contributed by atoms with van der Waals surface area (Å²) in [4.78, 5) is 19.1. The van der Waals surface area contributed by atoms with Crippen molar-refractivity contribution in [2.75, 3.05) is 0 Å². The van der Waals surface area contributed by atoms with Crippen molar-refractivity contribution in [2.24, 2.45) is 0 Å². The molecule has 12 heavy (non-hydrogen) atoms. The lowest BCUT2D eigenvalue weighted by Crippen LogP contribution is -1.91. The predicted molar refractivity (Wildman–Crippen MR) is 35.8 cm³/mol. The summed E-state index contributed by atoms with van der Waals surface area (Å²) in [6, 6.07) is 0. The molecular weight excluding hydrogens is 174 g/mol. The molecule has 0 aliphatic carbocycles. The fourth-order valence-corrected chi connectivity index (χ4v) is 0.143. The molecule has 0 bridgehead atoms. The van der Waals surface area contributed by atoms with Crippen LogP contribution in [-0.2, 0) is 9.59 Å². The molecule has 0 heterocycles. The molecule has 68 valence electrons. The molecule has 2 N–H and O–H groups in total. The fraction of sp³-hybridized carbons (Fsp3) is 0. The van der Waals surface area contributed by atoms with Crippen molar-refractivity contribution in [1.82, 2.24) is 0 Å². The number of carbonyl (C=O) groups is 2. The molecule has 0 aliphatic heterocycles. The molecule has 0 aromatic rings. The Morgan fingerprint density at radius 3 is 1.33 bits per heavy atom. The van der Waals surface area contributed by atoms with E-state index in [1.165, 1.54) is 0 Å². The molecule has 4 nitrogen and oxygen atoms in total. The second-order valence-electron chi connectivity index (χ2n) is 1.35. The molecule has 0 spiro atoms. The first kappa shape index (κ1) is 12.9. The lowest BCUT2D eigenvalue weighted by molar-refractivity contribution is -0.134. The van der Waals surface area contributed by atoms with Gasteiger partial charge in [-0.25, -0.2) is 9.59 Å². The zero-order valence-electron chi connectivity index (χ0n) is 5.83. The molecular formula is C6H6F2O4. The molecule has 0 amide bonds. The zero-order chi connectivity index (χ0) is 10.1. The summed E-state index contributed by atoms with van der Waals surface area (Å²) in [6.45, 7) is 2.22. The van der Waals surface area contributed by atoms with Gasteiger partial charge < -0.3 is 10.2 Å². The van der Waals surface area contributed by atoms with E-state index in [1.807, 2.05) is 0 Å². The van der Waals surface area contributed by atoms with Crippen LogP contribution in [0.15, 0.2) is 24.8 Å². The lowest BCUT2D eigenvalue weighted by atomic mass is 10.5. The van der Waals surface area contributed by atoms with E-state index in [0.717, 1.165) is 0 Å². The largest absolute Gasteiger partial charge is 0.478 e. The Bertz CT molecular complexity index is 190. The second-order valence-corrected chi connectivity index (χ2v) is 1.35. The molecule has 0 radical (unpaired) electrons. The van der Waals surface area contributed by atoms with Gasteiger partial charge in [0.25, 0.3) is 6.08 Å². The van der Waals surface area contributed by atoms with E-state index in [9.17, 15) is 18.4 Å². The monoisotopic (exact) mass is 180 g/mol. The first-order valence-corrected chi connectivity index (χ1v) is 2.50. The predicted octanol–water partition coefficient (Wildman–Crippen LogP) is 1.11. The van der Waals surface area contributed by atoms with Gasteiger partial charge in [0.1, 0.15) is 0 Å². The van der Waals surface area contributed by atoms with Crippen molar-refractivity contribution in [3.8, 4) is 0 Å². The number of aliphatic carboxylic acids is 2. The fourth-order valence-electron chi connectivity index (χ4n) is 0.143. The van der Waals surface area contributed by atoms with Gasteiger partial charge in [-0.15, -0.1) is 0 Å². The van der Waals surface area contributed by atoms with Crippen LogP contribution < -0.4 is 0 Å². The average Bonchev–Trinajstić information content (AvgIpc) is 1.82. The molecule has 0 unspecified atom stereocenters. The number of rotatable bonds is 2. The van der Waals surface area contributed by atoms with Crippen molar-refractivity contribution in [3.05, 3.63) is 24.8 Å². The topological polar surface area (TPSA) is 74.6 Å². The molecule has 0 atom stereocenters. The molecule has 6 heteroatoms. The van der Waals surface area contributed by atoms with Crippen LogP contribution in [-0.4, -0.2) is 22.2 Å². The highest BCUT2D eigenvalue weighted by atomic mass is 19.3. The summed E-state index contributed by atoms with van der Waals surface area (Å²) in [5, 5.41) is 15.6. The summed E-state index contributed by atoms with van der Waals surface area (Å²) in [7, 11) is 0. The summed E-state index contributed by atoms with van der Waals surface area (Å²) in [6.07, 6.45) is -0.718. The van der Waals surface area contributed by atoms with Crippen LogP contribution in [0.5, 0.6) is 0 Å². The minimum absolute atomic E-state index is 0.558. The highest BCUT2D eigenvalue weighted by Gasteiger charge is 1.88. The van der Waals surface area contributed by atoms with E-state index < -0.39 is 18.0 Å². The van der Waals surface area contributed by atoms with Gasteiger partial charge in [-0.1, -0.05) is 0 Å². The lowest BCUT2D eigenvalue weighted by Gasteiger charge is -1.74. The van der Waals surface area contributed by atoms with Crippen molar-refractivity contribution < 1.29 is 28.6 Å². The Hall–Kier alpha value is -1.72. The molecule has 0 fully saturated rings. The maximum absolute atomic E-state index is 10.1. The van der Waals surface area contributed by atoms with Gasteiger partial charge in [-0.3, -0.25) is 0 Å². The number of halogens is 2. The summed E-state index contributed by atoms with van der Waals surface area (Å²) >= 11 is 0. The normalized spacial score (nSPS) is 8.50. The third-order valence-electron chi connectivity index (χ3n) is 0.368. The van der Waals surface area contributed by atoms with E-state index in [0.29, 0.717) is 12.2 Å². The van der Waals surface area contributed by atoms with Crippen LogP contribution in [0.3, 0.4) is 0 Å². The van der Waals surface area contributed by atoms with E-state index in [-0.39, 0.29) is 0 Å². The first-order valence-electron chi connectivity index (χ1n) is 2.50. The first-order chi connectivity index (χ1) is 5.36. The Kier molecular flexibility index (Phi) is 7.95. The van der Waals surface area contributed by atoms with Gasteiger partial charge in [0.2, 0.25) is 0 Å². The number of carboxylic acid groups (broad SMARTS) is 2. The van der Waals surface area contributed by atoms with Crippen LogP contribution >= 0.6 is 0 Å². The van der Waals surface area contributed by atoms with Crippen molar-refractivity contribution >= 4 is 11.9 Å². The molecule has 0 saturated carbocycles. The van der Waals surface area contributed by atoms with E-state index >= 15 is 0 Å². The van der Waals surface area contributed by atoms with Crippen LogP contribution in [0.1, 0.15) is 0 Å². The van der Waals surface area contributed by atoms with Gasteiger partial charge in [0, 0.05) is 12.2 Å². The summed E-state index contributed by atoms with van der Waals surface area (Å²) < 4.78 is 20.3. The number of hydrogen-bond acceptors (Lipinski definition) is 2. The number of hydrogen-bond donors (Lipinski definition) is 2. The van der Waals surface area contributed by atoms with Crippen LogP contribution in [0.25, 0.3) is 0 Å². The Morgan fingerprint density at radius 1 is 1.08 bits per heavy atom. The Labute approximate surface area is 66.4 Å². The third kappa shape index (κ3) is 40.8. The molecule has 0 aliphatic rings. The Balaban J connectivity index is 0. The number of carboxylic acids is 2. The molecule has 0 aromatic carbocycles. The smallest absolute Gasteiger partial charge is 0.328 e. The second kappa shape index (κ2) is 7.39. The highest BCUT2D eigenvalue weighted by molar-refractivity contribution is 5.89. The van der Waals surface area contributed by atoms with E-state index in [4.69, 9.17) is 10.2 Å². The van der Waals surface area contributed by atoms with Gasteiger partial charge in [-0.2, -0.15) is 8.78 Å². The van der Waals surface area contributed by atoms with E-state index in [2.05, 4.69) is 6.58 Å². The van der Waals surface area contributed by atoms with Gasteiger partial charge >= 0.3 is 11.9 Å². The molecule has 0 saturated heterocycles. The highest BCUT2D eigenvalue weighted by Crippen LogP contribution is 1.85. The maximum Gasteiger partial charge on any atom is 0.328 e. The van der Waals surface area contributed by atoms with Gasteiger partial charge in [0.05, 0.1) is 0 Å². The zero-order valence-corrected chi connectivity index (χ0v) is 5.83. The summed E-state index contributed by atoms with van der Waals surface area (Å²) in [5.74, 6) is -2.51. The van der Waals surface area contributed by atoms with Crippen molar-refractivity contribution in [1.29, 1.82) is 0 Å². The summed E-state index contributed by atoms with van der Waals surface area (Å²) in [5.41, 5.74) is 0. The van der Waals surface area contributed by atoms with Crippen molar-refractivity contribution in [2.45, 2.75) is 0 Å². The SMILES string of the molecule is C=C(F)F.O=C(O)/C=C\C(=O)O. The van der Waals surface area contributed by atoms with E-state index in [1.54, 1.807) is 0 Å². The molecule has 0 aromatic heterocycles. The van der Waals surface area contributed by atoms with Gasteiger partial charge in [0.15, 0.2) is 0 Å². The Morgan fingerprint density at radius 2 is 1.25 bits per heavy atom. The van der Waals surface area contributed by atoms with Gasteiger partial charge in [-0.05, 0) is 6.58 Å². The quantitative estimate of drug-likeness (QED) is 0.624. The van der Waals surface area contributed by atoms with Crippen LogP contribution in [0.4, 0.5) is 8.78 Å². The third-order valence-corrected chi connectivity index (χ3v) is 0.368. The van der Waals surface area contributed by atoms with Crippen LogP contribution in [0.2, 0.25) is 0 Å². The standard InChI is InChI=1S/C4H4O4.C2H2F2/c5-3(6)1-2-4(7)8;1-2(3)4/h1-2H,(H,5,6)(H,7,8);1H2/b2-1-;.